The van der Waals surface area contributed by atoms with E-state index in [-0.39, 0.29) is 64.1 Å². The Morgan fingerprint density at radius 3 is 2.36 bits per heavy atom. The average Bonchev–Trinajstić information content (AvgIpc) is 3.78. The molecule has 2 aromatic carbocycles. The highest BCUT2D eigenvalue weighted by atomic mass is 32.2. The van der Waals surface area contributed by atoms with Crippen molar-refractivity contribution in [3.05, 3.63) is 81.9 Å². The number of ether oxygens (including phenoxy) is 3. The number of aryl methyl sites for hydroxylation is 1. The number of aliphatic hydroxyl groups excluding tert-OH is 1. The van der Waals surface area contributed by atoms with Crippen molar-refractivity contribution in [2.24, 2.45) is 34.0 Å². The topological polar surface area (TPSA) is 145 Å². The van der Waals surface area contributed by atoms with Crippen molar-refractivity contribution >= 4 is 52.0 Å². The molecule has 0 amide bonds. The third kappa shape index (κ3) is 8.04. The lowest BCUT2D eigenvalue weighted by Crippen LogP contribution is -2.63. The minimum absolute atomic E-state index is 0.0299. The fraction of sp³-hybridized carbons (Fsp3) is 0.625. The zero-order valence-corrected chi connectivity index (χ0v) is 42.5. The maximum absolute atomic E-state index is 16.2. The summed E-state index contributed by atoms with van der Waals surface area (Å²) in [7, 11) is 2.21. The number of para-hydroxylation sites is 1. The summed E-state index contributed by atoms with van der Waals surface area (Å²) in [6.07, 6.45) is 11.0. The van der Waals surface area contributed by atoms with Gasteiger partial charge in [0, 0.05) is 82.7 Å². The van der Waals surface area contributed by atoms with Crippen LogP contribution in [0.2, 0.25) is 0 Å². The van der Waals surface area contributed by atoms with Gasteiger partial charge in [-0.05, 0) is 121 Å². The number of pyridine rings is 1. The van der Waals surface area contributed by atoms with E-state index in [1.165, 1.54) is 37.2 Å². The van der Waals surface area contributed by atoms with Crippen molar-refractivity contribution < 1.29 is 42.9 Å². The number of hydrogen-bond acceptors (Lipinski definition) is 12. The van der Waals surface area contributed by atoms with Gasteiger partial charge in [0.1, 0.15) is 40.7 Å². The van der Waals surface area contributed by atoms with Gasteiger partial charge in [0.05, 0.1) is 23.1 Å². The summed E-state index contributed by atoms with van der Waals surface area (Å²) in [5.41, 5.74) is -1.40. The summed E-state index contributed by atoms with van der Waals surface area (Å²) in [5, 5.41) is 10.6. The van der Waals surface area contributed by atoms with Crippen molar-refractivity contribution in [1.82, 2.24) is 9.47 Å². The SMILES string of the molecule is C=C[C@@]1(C)C[C@H](OC(=O)CSC2CC3CCC(C2)N3C)[C@@]2(C)C(C)CCC3(CCC(=O)C32)[C@H](C)[C@@H]1OC(=O)c1ccccc1OC(=O)c1cn2c3c(c(N4CCC(O)CC4)c(F)cc3c1=O)CCC2C. The number of rotatable bonds is 10. The Labute approximate surface area is 415 Å². The van der Waals surface area contributed by atoms with Crippen molar-refractivity contribution in [1.29, 1.82) is 0 Å². The van der Waals surface area contributed by atoms with Crippen LogP contribution >= 0.6 is 11.8 Å². The largest absolute Gasteiger partial charge is 0.461 e. The highest BCUT2D eigenvalue weighted by Crippen LogP contribution is 2.68. The van der Waals surface area contributed by atoms with E-state index in [0.29, 0.717) is 85.7 Å². The fourth-order valence-electron chi connectivity index (χ4n) is 14.9. The summed E-state index contributed by atoms with van der Waals surface area (Å²) >= 11 is 1.69. The van der Waals surface area contributed by atoms with Gasteiger partial charge >= 0.3 is 17.9 Å². The van der Waals surface area contributed by atoms with Crippen molar-refractivity contribution in [2.75, 3.05) is 30.8 Å². The normalized spacial score (nSPS) is 35.2. The average molecular weight is 980 g/mol. The number of benzene rings is 2. The molecule has 7 aliphatic rings. The Morgan fingerprint density at radius 2 is 1.64 bits per heavy atom. The molecule has 6 fully saturated rings. The lowest BCUT2D eigenvalue weighted by molar-refractivity contribution is -0.205. The van der Waals surface area contributed by atoms with Crippen molar-refractivity contribution in [3.8, 4) is 5.75 Å². The van der Waals surface area contributed by atoms with Gasteiger partial charge in [-0.15, -0.1) is 18.3 Å². The molecule has 1 aromatic heterocycles. The molecule has 0 radical (unpaired) electrons. The molecule has 6 unspecified atom stereocenters. The number of thioether (sulfide) groups is 1. The first-order valence-corrected chi connectivity index (χ1v) is 27.0. The second-order valence-electron chi connectivity index (χ2n) is 22.8. The molecule has 376 valence electrons. The van der Waals surface area contributed by atoms with Crippen LogP contribution in [-0.2, 0) is 25.5 Å². The van der Waals surface area contributed by atoms with Gasteiger partial charge in [0.15, 0.2) is 0 Å². The molecule has 3 saturated carbocycles. The van der Waals surface area contributed by atoms with E-state index >= 15 is 4.39 Å². The van der Waals surface area contributed by atoms with Crippen LogP contribution in [0.1, 0.15) is 144 Å². The molecule has 3 aromatic rings. The molecule has 3 saturated heterocycles. The highest BCUT2D eigenvalue weighted by molar-refractivity contribution is 8.00. The van der Waals surface area contributed by atoms with Crippen molar-refractivity contribution in [2.45, 2.75) is 160 Å². The second-order valence-corrected chi connectivity index (χ2v) is 24.0. The lowest BCUT2D eigenvalue weighted by atomic mass is 9.44. The number of anilines is 1. The number of aromatic nitrogens is 1. The maximum Gasteiger partial charge on any atom is 0.349 e. The highest BCUT2D eigenvalue weighted by Gasteiger charge is 2.69. The van der Waals surface area contributed by atoms with Crippen LogP contribution < -0.4 is 15.1 Å². The van der Waals surface area contributed by atoms with E-state index in [1.54, 1.807) is 23.9 Å². The summed E-state index contributed by atoms with van der Waals surface area (Å²) in [4.78, 5) is 76.3. The quantitative estimate of drug-likeness (QED) is 0.118. The van der Waals surface area contributed by atoms with Crippen molar-refractivity contribution in [3.63, 3.8) is 0 Å². The molecule has 1 N–H and O–H groups in total. The molecule has 4 aliphatic heterocycles. The summed E-state index contributed by atoms with van der Waals surface area (Å²) in [6, 6.07) is 8.48. The number of esters is 3. The third-order valence-corrected chi connectivity index (χ3v) is 20.5. The zero-order chi connectivity index (χ0) is 49.6. The molecule has 3 aliphatic carbocycles. The monoisotopic (exact) mass is 979 g/mol. The molecule has 4 bridgehead atoms. The number of aliphatic hydroxyl groups is 1. The minimum Gasteiger partial charge on any atom is -0.461 e. The molecule has 5 heterocycles. The Hall–Kier alpha value is -4.53. The first kappa shape index (κ1) is 49.1. The molecular weight excluding hydrogens is 910 g/mol. The number of carbonyl (C=O) groups is 4. The second kappa shape index (κ2) is 18.5. The molecular formula is C56H70FN3O9S. The summed E-state index contributed by atoms with van der Waals surface area (Å²) in [6.45, 7) is 15.7. The van der Waals surface area contributed by atoms with Crippen LogP contribution in [0.5, 0.6) is 5.75 Å². The van der Waals surface area contributed by atoms with Gasteiger partial charge in [0.25, 0.3) is 0 Å². The van der Waals surface area contributed by atoms with Crippen LogP contribution in [0.15, 0.2) is 54.0 Å². The van der Waals surface area contributed by atoms with E-state index in [4.69, 9.17) is 14.2 Å². The van der Waals surface area contributed by atoms with Gasteiger partial charge in [-0.2, -0.15) is 0 Å². The predicted octanol–water partition coefficient (Wildman–Crippen LogP) is 9.26. The Kier molecular flexibility index (Phi) is 13.0. The maximum atomic E-state index is 16.2. The third-order valence-electron chi connectivity index (χ3n) is 19.2. The Balaban J connectivity index is 0.935. The molecule has 70 heavy (non-hydrogen) atoms. The standard InChI is InChI=1S/C56H70FN3O9S/c1-8-54(5)28-45(68-46(63)30-70-37-25-34-14-15-35(26-37)58(34)7)55(6)31(2)17-21-56(22-18-43(62)50(55)56)33(4)51(54)69-52(65)38-11-9-10-12-44(38)67-53(66)41-29-60-32(3)13-16-39-47(60)40(49(41)64)27-42(57)48(39)59-23-19-36(61)20-24-59/h8-12,27,29,31-37,45,50-51,61H,1,13-26,28,30H2,2-7H3/t31?,32?,33-,34?,35?,37?,45+,50?,51+,54+,55-,56?/m1/s1. The lowest BCUT2D eigenvalue weighted by Gasteiger charge is -2.62. The van der Waals surface area contributed by atoms with E-state index < -0.39 is 63.7 Å². The van der Waals surface area contributed by atoms with Crippen LogP contribution in [0, 0.1) is 39.8 Å². The van der Waals surface area contributed by atoms with Gasteiger partial charge in [-0.1, -0.05) is 45.9 Å². The number of Topliss-reactive ketones (excluding diaryl/α,β-unsaturated/α-hetero) is 1. The smallest absolute Gasteiger partial charge is 0.349 e. The molecule has 0 spiro atoms. The number of piperidine rings is 2. The molecule has 12 nitrogen and oxygen atoms in total. The fourth-order valence-corrected chi connectivity index (χ4v) is 16.0. The number of ketones is 1. The van der Waals surface area contributed by atoms with E-state index in [0.717, 1.165) is 25.7 Å². The van der Waals surface area contributed by atoms with E-state index in [2.05, 4.69) is 39.3 Å². The van der Waals surface area contributed by atoms with Crippen LogP contribution in [0.25, 0.3) is 10.9 Å². The molecule has 10 rings (SSSR count). The number of halogens is 1. The van der Waals surface area contributed by atoms with Crippen LogP contribution in [-0.4, -0.2) is 99.8 Å². The van der Waals surface area contributed by atoms with E-state index in [9.17, 15) is 29.1 Å². The first-order chi connectivity index (χ1) is 33.4. The predicted molar refractivity (Wildman–Crippen MR) is 268 cm³/mol. The van der Waals surface area contributed by atoms with Gasteiger partial charge in [0.2, 0.25) is 5.43 Å². The molecule has 11 atom stereocenters. The number of nitrogens with zero attached hydrogens (tertiary/aromatic N) is 3. The van der Waals surface area contributed by atoms with Crippen LogP contribution in [0.3, 0.4) is 0 Å². The Morgan fingerprint density at radius 1 is 0.929 bits per heavy atom. The zero-order valence-electron chi connectivity index (χ0n) is 41.7. The minimum atomic E-state index is -0.993. The number of carbonyl (C=O) groups excluding carboxylic acids is 4. The van der Waals surface area contributed by atoms with Crippen LogP contribution in [0.4, 0.5) is 10.1 Å². The first-order valence-electron chi connectivity index (χ1n) is 25.9. The number of hydrogen-bond donors (Lipinski definition) is 1. The van der Waals surface area contributed by atoms with Gasteiger partial charge in [-0.25, -0.2) is 14.0 Å². The summed E-state index contributed by atoms with van der Waals surface area (Å²) in [5.74, 6) is -2.95. The van der Waals surface area contributed by atoms with E-state index in [1.807, 2.05) is 29.4 Å². The Bertz CT molecular complexity index is 2670. The van der Waals surface area contributed by atoms with Gasteiger partial charge < -0.3 is 33.7 Å². The molecule has 14 heteroatoms. The number of fused-ring (bicyclic) bond motifs is 2. The summed E-state index contributed by atoms with van der Waals surface area (Å²) < 4.78 is 37.4. The van der Waals surface area contributed by atoms with Gasteiger partial charge in [-0.3, -0.25) is 14.4 Å².